The molecule has 0 aliphatic heterocycles. The smallest absolute Gasteiger partial charge is 0.118 e. The minimum absolute atomic E-state index is 0.101. The highest BCUT2D eigenvalue weighted by Gasteiger charge is 2.17. The van der Waals surface area contributed by atoms with Crippen molar-refractivity contribution in [3.8, 4) is 5.75 Å². The zero-order chi connectivity index (χ0) is 15.4. The van der Waals surface area contributed by atoms with Crippen LogP contribution in [0.1, 0.15) is 18.5 Å². The lowest BCUT2D eigenvalue weighted by atomic mass is 10.1. The van der Waals surface area contributed by atoms with Gasteiger partial charge in [-0.2, -0.15) is 0 Å². The Labute approximate surface area is 139 Å². The topological polar surface area (TPSA) is 35.2 Å². The number of ether oxygens (including phenoxy) is 1. The molecule has 2 aromatic rings. The van der Waals surface area contributed by atoms with E-state index in [4.69, 9.17) is 33.7 Å². The van der Waals surface area contributed by atoms with Gasteiger partial charge in [0.15, 0.2) is 0 Å². The van der Waals surface area contributed by atoms with Crippen LogP contribution in [0.15, 0.2) is 47.4 Å². The Morgan fingerprint density at radius 3 is 2.38 bits per heavy atom. The van der Waals surface area contributed by atoms with Crippen LogP contribution in [0.2, 0.25) is 10.0 Å². The van der Waals surface area contributed by atoms with Crippen LogP contribution in [0, 0.1) is 0 Å². The molecule has 0 aromatic heterocycles. The molecule has 0 fully saturated rings. The van der Waals surface area contributed by atoms with Crippen LogP contribution in [-0.2, 0) is 0 Å². The van der Waals surface area contributed by atoms with E-state index < -0.39 is 0 Å². The molecule has 5 heteroatoms. The molecule has 0 aliphatic rings. The number of hydrogen-bond donors (Lipinski definition) is 1. The van der Waals surface area contributed by atoms with Gasteiger partial charge in [-0.1, -0.05) is 42.3 Å². The van der Waals surface area contributed by atoms with Crippen molar-refractivity contribution < 1.29 is 4.74 Å². The molecular formula is C16H17Cl2NOS. The number of rotatable bonds is 5. The lowest BCUT2D eigenvalue weighted by Crippen LogP contribution is -2.21. The minimum atomic E-state index is -0.101. The maximum Gasteiger partial charge on any atom is 0.118 e. The maximum absolute atomic E-state index is 6.33. The summed E-state index contributed by atoms with van der Waals surface area (Å²) in [5.74, 6) is 0.823. The summed E-state index contributed by atoms with van der Waals surface area (Å²) in [4.78, 5) is 0.945. The van der Waals surface area contributed by atoms with Gasteiger partial charge in [-0.15, -0.1) is 11.8 Å². The van der Waals surface area contributed by atoms with E-state index in [2.05, 4.69) is 6.92 Å². The Balaban J connectivity index is 2.11. The molecule has 2 rings (SSSR count). The second-order valence-electron chi connectivity index (χ2n) is 4.70. The molecule has 112 valence electrons. The average molecular weight is 342 g/mol. The van der Waals surface area contributed by atoms with E-state index in [0.29, 0.717) is 10.0 Å². The summed E-state index contributed by atoms with van der Waals surface area (Å²) in [5.41, 5.74) is 7.39. The van der Waals surface area contributed by atoms with E-state index >= 15 is 0 Å². The molecule has 0 aliphatic carbocycles. The highest BCUT2D eigenvalue weighted by atomic mass is 35.5. The predicted molar refractivity (Wildman–Crippen MR) is 91.7 cm³/mol. The average Bonchev–Trinajstić information content (AvgIpc) is 2.50. The molecule has 0 spiro atoms. The summed E-state index contributed by atoms with van der Waals surface area (Å²) in [6.45, 7) is 2.08. The number of halogens is 2. The summed E-state index contributed by atoms with van der Waals surface area (Å²) in [6.07, 6.45) is 0. The lowest BCUT2D eigenvalue weighted by Gasteiger charge is -2.20. The minimum Gasteiger partial charge on any atom is -0.497 e. The van der Waals surface area contributed by atoms with E-state index in [0.717, 1.165) is 16.2 Å². The number of thioether (sulfide) groups is 1. The summed E-state index contributed by atoms with van der Waals surface area (Å²) in [6, 6.07) is 13.2. The van der Waals surface area contributed by atoms with Crippen molar-refractivity contribution in [3.05, 3.63) is 58.1 Å². The van der Waals surface area contributed by atoms with E-state index in [1.807, 2.05) is 30.3 Å². The third-order valence-electron chi connectivity index (χ3n) is 3.21. The zero-order valence-corrected chi connectivity index (χ0v) is 14.2. The highest BCUT2D eigenvalue weighted by Crippen LogP contribution is 2.36. The largest absolute Gasteiger partial charge is 0.497 e. The van der Waals surface area contributed by atoms with Crippen LogP contribution in [0.25, 0.3) is 0 Å². The fourth-order valence-corrected chi connectivity index (χ4v) is 3.51. The normalized spacial score (nSPS) is 13.8. The van der Waals surface area contributed by atoms with Crippen molar-refractivity contribution in [2.24, 2.45) is 5.73 Å². The second kappa shape index (κ2) is 7.41. The van der Waals surface area contributed by atoms with Crippen molar-refractivity contribution >= 4 is 35.0 Å². The zero-order valence-electron chi connectivity index (χ0n) is 11.8. The van der Waals surface area contributed by atoms with Gasteiger partial charge in [-0.05, 0) is 35.9 Å². The standard InChI is InChI=1S/C16H17Cl2NOS/c1-10(21-15-9-12(17)5-8-14(15)18)16(19)11-3-6-13(20-2)7-4-11/h3-10,16H,19H2,1-2H3. The molecule has 2 aromatic carbocycles. The maximum atomic E-state index is 6.33. The fourth-order valence-electron chi connectivity index (χ4n) is 1.94. The second-order valence-corrected chi connectivity index (χ2v) is 6.96. The number of nitrogens with two attached hydrogens (primary N) is 1. The first-order valence-electron chi connectivity index (χ1n) is 6.52. The molecule has 0 saturated heterocycles. The van der Waals surface area contributed by atoms with Gasteiger partial charge in [-0.25, -0.2) is 0 Å². The molecule has 2 nitrogen and oxygen atoms in total. The first kappa shape index (κ1) is 16.5. The Morgan fingerprint density at radius 2 is 1.76 bits per heavy atom. The molecule has 0 heterocycles. The summed E-state index contributed by atoms with van der Waals surface area (Å²) < 4.78 is 5.16. The van der Waals surface area contributed by atoms with E-state index in [-0.39, 0.29) is 11.3 Å². The molecule has 0 saturated carbocycles. The van der Waals surface area contributed by atoms with Gasteiger partial charge in [0.1, 0.15) is 5.75 Å². The monoisotopic (exact) mass is 341 g/mol. The number of benzene rings is 2. The van der Waals surface area contributed by atoms with Gasteiger partial charge in [0, 0.05) is 21.2 Å². The molecule has 0 radical (unpaired) electrons. The van der Waals surface area contributed by atoms with Crippen molar-refractivity contribution in [3.63, 3.8) is 0 Å². The summed E-state index contributed by atoms with van der Waals surface area (Å²) >= 11 is 13.8. The molecule has 2 N–H and O–H groups in total. The van der Waals surface area contributed by atoms with Crippen LogP contribution in [-0.4, -0.2) is 12.4 Å². The van der Waals surface area contributed by atoms with Crippen LogP contribution in [0.3, 0.4) is 0 Å². The molecule has 2 atom stereocenters. The first-order valence-corrected chi connectivity index (χ1v) is 8.16. The highest BCUT2D eigenvalue weighted by molar-refractivity contribution is 8.00. The quantitative estimate of drug-likeness (QED) is 0.760. The van der Waals surface area contributed by atoms with E-state index in [9.17, 15) is 0 Å². The van der Waals surface area contributed by atoms with Crippen LogP contribution < -0.4 is 10.5 Å². The Morgan fingerprint density at radius 1 is 1.10 bits per heavy atom. The van der Waals surface area contributed by atoms with Crippen molar-refractivity contribution in [2.75, 3.05) is 7.11 Å². The van der Waals surface area contributed by atoms with Crippen LogP contribution in [0.4, 0.5) is 0 Å². The third kappa shape index (κ3) is 4.30. The van der Waals surface area contributed by atoms with Crippen molar-refractivity contribution in [2.45, 2.75) is 23.1 Å². The van der Waals surface area contributed by atoms with Gasteiger partial charge in [0.05, 0.1) is 12.1 Å². The van der Waals surface area contributed by atoms with Gasteiger partial charge < -0.3 is 10.5 Å². The number of hydrogen-bond acceptors (Lipinski definition) is 3. The molecule has 0 amide bonds. The Kier molecular flexibility index (Phi) is 5.82. The van der Waals surface area contributed by atoms with Gasteiger partial charge in [-0.3, -0.25) is 0 Å². The van der Waals surface area contributed by atoms with Crippen LogP contribution in [0.5, 0.6) is 5.75 Å². The third-order valence-corrected chi connectivity index (χ3v) is 5.15. The lowest BCUT2D eigenvalue weighted by molar-refractivity contribution is 0.414. The molecular weight excluding hydrogens is 325 g/mol. The van der Waals surface area contributed by atoms with E-state index in [1.54, 1.807) is 31.0 Å². The van der Waals surface area contributed by atoms with Gasteiger partial charge in [0.2, 0.25) is 0 Å². The fraction of sp³-hybridized carbons (Fsp3) is 0.250. The van der Waals surface area contributed by atoms with Crippen LogP contribution >= 0.6 is 35.0 Å². The SMILES string of the molecule is COc1ccc(C(N)C(C)Sc2cc(Cl)ccc2Cl)cc1. The van der Waals surface area contributed by atoms with Crippen molar-refractivity contribution in [1.29, 1.82) is 0 Å². The molecule has 0 bridgehead atoms. The predicted octanol–water partition coefficient (Wildman–Crippen LogP) is 5.18. The van der Waals surface area contributed by atoms with Gasteiger partial charge in [0.25, 0.3) is 0 Å². The molecule has 2 unspecified atom stereocenters. The number of methoxy groups -OCH3 is 1. The Hall–Kier alpha value is -0.870. The first-order chi connectivity index (χ1) is 10.0. The Bertz CT molecular complexity index is 604. The summed E-state index contributed by atoms with van der Waals surface area (Å²) in [7, 11) is 1.65. The molecule has 21 heavy (non-hydrogen) atoms. The van der Waals surface area contributed by atoms with Gasteiger partial charge >= 0.3 is 0 Å². The summed E-state index contributed by atoms with van der Waals surface area (Å²) in [5, 5.41) is 1.53. The van der Waals surface area contributed by atoms with Crippen molar-refractivity contribution in [1.82, 2.24) is 0 Å². The van der Waals surface area contributed by atoms with E-state index in [1.165, 1.54) is 0 Å².